The SMILES string of the molecule is Cc1cc(Cn2c(CN3CCC(c4cccc(OCc5ccc(Cl)cc5F)n4)CC3)nc3ccc(C(=O)O)cc32)no1. The van der Waals surface area contributed by atoms with Crippen molar-refractivity contribution in [2.45, 2.75) is 45.4 Å². The molecule has 1 aliphatic heterocycles. The van der Waals surface area contributed by atoms with Crippen LogP contribution in [0.3, 0.4) is 0 Å². The van der Waals surface area contributed by atoms with Gasteiger partial charge in [-0.1, -0.05) is 28.9 Å². The fraction of sp³-hybridized carbons (Fsp3) is 0.290. The van der Waals surface area contributed by atoms with E-state index in [0.717, 1.165) is 54.2 Å². The van der Waals surface area contributed by atoms with E-state index in [4.69, 9.17) is 30.8 Å². The second-order valence-electron chi connectivity index (χ2n) is 10.5. The van der Waals surface area contributed by atoms with E-state index in [9.17, 15) is 14.3 Å². The quantitative estimate of drug-likeness (QED) is 0.216. The van der Waals surface area contributed by atoms with E-state index in [-0.39, 0.29) is 18.1 Å². The highest BCUT2D eigenvalue weighted by atomic mass is 35.5. The minimum absolute atomic E-state index is 0.0702. The molecular formula is C31H29ClFN5O4. The lowest BCUT2D eigenvalue weighted by atomic mass is 9.93. The number of aryl methyl sites for hydroxylation is 1. The molecule has 11 heteroatoms. The second kappa shape index (κ2) is 11.9. The van der Waals surface area contributed by atoms with Crippen molar-refractivity contribution in [3.05, 3.63) is 106 Å². The first kappa shape index (κ1) is 27.9. The minimum atomic E-state index is -0.981. The van der Waals surface area contributed by atoms with Crippen LogP contribution in [0.2, 0.25) is 5.02 Å². The predicted molar refractivity (Wildman–Crippen MR) is 154 cm³/mol. The van der Waals surface area contributed by atoms with Gasteiger partial charge >= 0.3 is 5.97 Å². The van der Waals surface area contributed by atoms with E-state index in [2.05, 4.69) is 10.1 Å². The molecule has 0 bridgehead atoms. The summed E-state index contributed by atoms with van der Waals surface area (Å²) < 4.78 is 27.2. The van der Waals surface area contributed by atoms with Crippen molar-refractivity contribution < 1.29 is 23.6 Å². The standard InChI is InChI=1S/C31H29ClFN5O4/c1-19-13-24(36-42-19)16-38-28-14-21(31(39)40)6-8-27(28)34-29(38)17-37-11-9-20(10-12-37)26-3-2-4-30(35-26)41-18-22-5-7-23(32)15-25(22)33/h2-8,13-15,20H,9-12,16-18H2,1H3,(H,39,40). The molecular weight excluding hydrogens is 561 g/mol. The number of aromatic nitrogens is 4. The largest absolute Gasteiger partial charge is 0.478 e. The maximum Gasteiger partial charge on any atom is 0.335 e. The van der Waals surface area contributed by atoms with Gasteiger partial charge < -0.3 is 18.9 Å². The number of piperidine rings is 1. The molecule has 2 aromatic carbocycles. The van der Waals surface area contributed by atoms with Gasteiger partial charge in [-0.2, -0.15) is 0 Å². The maximum atomic E-state index is 14.1. The normalized spacial score (nSPS) is 14.5. The zero-order valence-corrected chi connectivity index (χ0v) is 23.7. The highest BCUT2D eigenvalue weighted by Gasteiger charge is 2.24. The van der Waals surface area contributed by atoms with Gasteiger partial charge in [-0.15, -0.1) is 0 Å². The molecule has 5 aromatic rings. The van der Waals surface area contributed by atoms with Crippen molar-refractivity contribution >= 4 is 28.6 Å². The molecule has 6 rings (SSSR count). The topological polar surface area (TPSA) is 107 Å². The molecule has 0 unspecified atom stereocenters. The van der Waals surface area contributed by atoms with E-state index in [1.54, 1.807) is 36.4 Å². The molecule has 0 atom stereocenters. The van der Waals surface area contributed by atoms with Gasteiger partial charge in [0.2, 0.25) is 5.88 Å². The summed E-state index contributed by atoms with van der Waals surface area (Å²) in [7, 11) is 0. The predicted octanol–water partition coefficient (Wildman–Crippen LogP) is 6.23. The molecule has 1 fully saturated rings. The number of ether oxygens (including phenoxy) is 1. The number of nitrogens with zero attached hydrogens (tertiary/aromatic N) is 5. The fourth-order valence-electron chi connectivity index (χ4n) is 5.37. The number of pyridine rings is 1. The number of rotatable bonds is 9. The summed E-state index contributed by atoms with van der Waals surface area (Å²) in [4.78, 5) is 23.6. The monoisotopic (exact) mass is 589 g/mol. The molecule has 3 aromatic heterocycles. The van der Waals surface area contributed by atoms with Gasteiger partial charge in [-0.3, -0.25) is 4.90 Å². The Balaban J connectivity index is 1.13. The average molecular weight is 590 g/mol. The number of halogens is 2. The molecule has 1 saturated heterocycles. The number of carboxylic acids is 1. The summed E-state index contributed by atoms with van der Waals surface area (Å²) in [6.45, 7) is 4.65. The lowest BCUT2D eigenvalue weighted by Gasteiger charge is -2.31. The molecule has 1 N–H and O–H groups in total. The third kappa shape index (κ3) is 6.14. The zero-order chi connectivity index (χ0) is 29.2. The van der Waals surface area contributed by atoms with Crippen molar-refractivity contribution in [2.75, 3.05) is 13.1 Å². The van der Waals surface area contributed by atoms with Gasteiger partial charge in [0.1, 0.15) is 29.7 Å². The fourth-order valence-corrected chi connectivity index (χ4v) is 5.53. The third-order valence-electron chi connectivity index (χ3n) is 7.58. The number of likely N-dealkylation sites (tertiary alicyclic amines) is 1. The van der Waals surface area contributed by atoms with Gasteiger partial charge in [0, 0.05) is 34.3 Å². The Labute approximate surface area is 246 Å². The number of aromatic carboxylic acids is 1. The van der Waals surface area contributed by atoms with Crippen molar-refractivity contribution in [1.82, 2.24) is 24.6 Å². The van der Waals surface area contributed by atoms with Crippen LogP contribution in [0.5, 0.6) is 5.88 Å². The van der Waals surface area contributed by atoms with Crippen LogP contribution in [-0.4, -0.2) is 48.8 Å². The highest BCUT2D eigenvalue weighted by Crippen LogP contribution is 2.30. The Hall–Kier alpha value is -4.28. The maximum absolute atomic E-state index is 14.1. The summed E-state index contributed by atoms with van der Waals surface area (Å²) in [6, 6.07) is 17.1. The molecule has 0 spiro atoms. The number of fused-ring (bicyclic) bond motifs is 1. The van der Waals surface area contributed by atoms with Crippen molar-refractivity contribution in [2.24, 2.45) is 0 Å². The lowest BCUT2D eigenvalue weighted by molar-refractivity contribution is 0.0697. The molecule has 1 aliphatic rings. The third-order valence-corrected chi connectivity index (χ3v) is 7.81. The summed E-state index contributed by atoms with van der Waals surface area (Å²) in [5.74, 6) is 0.900. The first-order valence-corrected chi connectivity index (χ1v) is 14.1. The molecule has 42 heavy (non-hydrogen) atoms. The Morgan fingerprint density at radius 1 is 1.10 bits per heavy atom. The average Bonchev–Trinajstić information content (AvgIpc) is 3.55. The number of hydrogen-bond donors (Lipinski definition) is 1. The van der Waals surface area contributed by atoms with Crippen LogP contribution in [0.25, 0.3) is 11.0 Å². The first-order valence-electron chi connectivity index (χ1n) is 13.7. The Morgan fingerprint density at radius 2 is 1.93 bits per heavy atom. The van der Waals surface area contributed by atoms with E-state index >= 15 is 0 Å². The molecule has 216 valence electrons. The van der Waals surface area contributed by atoms with Crippen LogP contribution in [0, 0.1) is 12.7 Å². The van der Waals surface area contributed by atoms with Gasteiger partial charge in [-0.05, 0) is 69.3 Å². The summed E-state index contributed by atoms with van der Waals surface area (Å²) in [6.07, 6.45) is 1.82. The molecule has 0 amide bonds. The Morgan fingerprint density at radius 3 is 2.67 bits per heavy atom. The van der Waals surface area contributed by atoms with Crippen LogP contribution < -0.4 is 4.74 Å². The first-order chi connectivity index (χ1) is 20.3. The summed E-state index contributed by atoms with van der Waals surface area (Å²) in [5, 5.41) is 14.0. The molecule has 0 radical (unpaired) electrons. The van der Waals surface area contributed by atoms with Gasteiger partial charge in [0.15, 0.2) is 0 Å². The van der Waals surface area contributed by atoms with Crippen LogP contribution in [0.4, 0.5) is 4.39 Å². The summed E-state index contributed by atoms with van der Waals surface area (Å²) in [5.41, 5.74) is 3.83. The van der Waals surface area contributed by atoms with Crippen molar-refractivity contribution in [3.8, 4) is 5.88 Å². The molecule has 9 nitrogen and oxygen atoms in total. The van der Waals surface area contributed by atoms with Crippen LogP contribution in [0.15, 0.2) is 65.2 Å². The zero-order valence-electron chi connectivity index (χ0n) is 23.0. The molecule has 0 aliphatic carbocycles. The second-order valence-corrected chi connectivity index (χ2v) is 11.0. The van der Waals surface area contributed by atoms with Crippen LogP contribution >= 0.6 is 11.6 Å². The number of carbonyl (C=O) groups is 1. The van der Waals surface area contributed by atoms with Gasteiger partial charge in [-0.25, -0.2) is 19.2 Å². The molecule has 0 saturated carbocycles. The van der Waals surface area contributed by atoms with E-state index in [1.807, 2.05) is 29.7 Å². The van der Waals surface area contributed by atoms with Crippen molar-refractivity contribution in [3.63, 3.8) is 0 Å². The van der Waals surface area contributed by atoms with Crippen molar-refractivity contribution in [1.29, 1.82) is 0 Å². The Bertz CT molecular complexity index is 1740. The Kier molecular flexibility index (Phi) is 7.90. The molecule has 4 heterocycles. The van der Waals surface area contributed by atoms with Gasteiger partial charge in [0.25, 0.3) is 0 Å². The highest BCUT2D eigenvalue weighted by molar-refractivity contribution is 6.30. The number of carboxylic acid groups (broad SMARTS) is 1. The summed E-state index contributed by atoms with van der Waals surface area (Å²) >= 11 is 5.85. The van der Waals surface area contributed by atoms with E-state index < -0.39 is 11.8 Å². The minimum Gasteiger partial charge on any atom is -0.478 e. The van der Waals surface area contributed by atoms with E-state index in [1.165, 1.54) is 6.07 Å². The number of benzene rings is 2. The van der Waals surface area contributed by atoms with Crippen LogP contribution in [-0.2, 0) is 19.7 Å². The van der Waals surface area contributed by atoms with Crippen LogP contribution in [0.1, 0.15) is 57.7 Å². The number of imidazole rings is 1. The lowest BCUT2D eigenvalue weighted by Crippen LogP contribution is -2.33. The van der Waals surface area contributed by atoms with Gasteiger partial charge in [0.05, 0.1) is 29.7 Å². The van der Waals surface area contributed by atoms with E-state index in [0.29, 0.717) is 35.3 Å². The smallest absolute Gasteiger partial charge is 0.335 e. The number of hydrogen-bond acceptors (Lipinski definition) is 7.